The molecule has 7 heteroatoms. The maximum Gasteiger partial charge on any atom is 0.433 e. The molecule has 6 nitrogen and oxygen atoms in total. The van der Waals surface area contributed by atoms with Gasteiger partial charge < -0.3 is 19.9 Å². The van der Waals surface area contributed by atoms with Crippen LogP contribution >= 0.6 is 0 Å². The first-order chi connectivity index (χ1) is 3.46. The second-order valence-electron chi connectivity index (χ2n) is 0.656. The molecule has 0 amide bonds. The van der Waals surface area contributed by atoms with Gasteiger partial charge in [-0.2, -0.15) is 0 Å². The Morgan fingerprint density at radius 2 is 1.50 bits per heavy atom. The zero-order chi connectivity index (χ0) is 7.15. The summed E-state index contributed by atoms with van der Waals surface area (Å²) in [6, 6.07) is 0. The molecule has 0 saturated heterocycles. The summed E-state index contributed by atoms with van der Waals surface area (Å²) in [5.74, 6) is -0.333. The van der Waals surface area contributed by atoms with E-state index >= 15 is 0 Å². The highest BCUT2D eigenvalue weighted by Crippen LogP contribution is 1.38. The lowest BCUT2D eigenvalue weighted by atomic mass is 11.1. The van der Waals surface area contributed by atoms with E-state index in [1.54, 1.807) is 0 Å². The third-order valence-electron chi connectivity index (χ3n) is 0. The number of nitrogens with two attached hydrogens (primary N) is 2. The predicted molar refractivity (Wildman–Crippen MR) is 18.3 cm³/mol. The van der Waals surface area contributed by atoms with Crippen molar-refractivity contribution in [2.24, 2.45) is 11.5 Å². The van der Waals surface area contributed by atoms with E-state index in [9.17, 15) is 0 Å². The number of rotatable bonds is 0. The maximum absolute atomic E-state index is 8.63. The average molecular weight is 188 g/mol. The van der Waals surface area contributed by atoms with E-state index < -0.39 is 14.8 Å². The van der Waals surface area contributed by atoms with Crippen molar-refractivity contribution in [1.82, 2.24) is 0 Å². The number of hydrogen-bond donors (Lipinski definition) is 4. The highest BCUT2D eigenvalue weighted by Gasteiger charge is 1.86. The van der Waals surface area contributed by atoms with Crippen LogP contribution in [0.2, 0.25) is 0 Å². The fourth-order valence-corrected chi connectivity index (χ4v) is 0. The summed E-state index contributed by atoms with van der Waals surface area (Å²) >= 11 is -3.40. The fourth-order valence-electron chi connectivity index (χ4n) is 0. The van der Waals surface area contributed by atoms with Crippen LogP contribution in [-0.2, 0) is 0 Å². The molecule has 8 heavy (non-hydrogen) atoms. The molecule has 0 unspecified atom stereocenters. The van der Waals surface area contributed by atoms with Gasteiger partial charge in [0.25, 0.3) is 0 Å². The quantitative estimate of drug-likeness (QED) is 0.225. The van der Waals surface area contributed by atoms with Crippen molar-refractivity contribution in [3.05, 3.63) is 0 Å². The Morgan fingerprint density at radius 1 is 1.50 bits per heavy atom. The molecule has 6 N–H and O–H groups in total. The van der Waals surface area contributed by atoms with Gasteiger partial charge in [0.05, 0.1) is 0 Å². The van der Waals surface area contributed by atoms with Crippen LogP contribution in [0.3, 0.4) is 0 Å². The minimum absolute atomic E-state index is 0.333. The van der Waals surface area contributed by atoms with Gasteiger partial charge in [-0.25, -0.2) is 0 Å². The molecule has 0 bridgehead atoms. The summed E-state index contributed by atoms with van der Waals surface area (Å²) in [5, 5.41) is 6.06. The van der Waals surface area contributed by atoms with Gasteiger partial charge in [-0.15, -0.1) is 0 Å². The van der Waals surface area contributed by atoms with Gasteiger partial charge in [-0.1, -0.05) is 0 Å². The normalized spacial score (nSPS) is 7.50. The Morgan fingerprint density at radius 3 is 1.50 bits per heavy atom. The Bertz CT molecular complexity index is 58.8. The summed E-state index contributed by atoms with van der Waals surface area (Å²) in [6.45, 7) is 0. The molecule has 0 aliphatic carbocycles. The first kappa shape index (κ1) is 10.6. The molecule has 0 aliphatic rings. The van der Waals surface area contributed by atoms with Gasteiger partial charge in [-0.3, -0.25) is 5.41 Å². The molecule has 0 aliphatic heterocycles. The van der Waals surface area contributed by atoms with Crippen molar-refractivity contribution >= 4 is 5.96 Å². The molecule has 0 radical (unpaired) electrons. The molecule has 0 rings (SSSR count). The zero-order valence-electron chi connectivity index (χ0n) is 3.80. The van der Waals surface area contributed by atoms with Crippen molar-refractivity contribution < 1.29 is 27.4 Å². The van der Waals surface area contributed by atoms with Crippen LogP contribution < -0.4 is 19.9 Å². The van der Waals surface area contributed by atoms with Gasteiger partial charge in [0.2, 0.25) is 0 Å². The minimum Gasteiger partial charge on any atom is -0.372 e. The number of hydrogen-bond acceptors (Lipinski definition) is 4. The summed E-state index contributed by atoms with van der Waals surface area (Å²) in [6.07, 6.45) is 0. The lowest BCUT2D eigenvalue weighted by molar-refractivity contribution is -1.63. The van der Waals surface area contributed by atoms with Crippen molar-refractivity contribution in [3.8, 4) is 0 Å². The summed E-state index contributed by atoms with van der Waals surface area (Å²) in [4.78, 5) is 0. The first-order valence-corrected chi connectivity index (χ1v) is 3.31. The smallest absolute Gasteiger partial charge is 0.372 e. The van der Waals surface area contributed by atoms with Crippen LogP contribution in [0.4, 0.5) is 0 Å². The lowest BCUT2D eigenvalue weighted by Crippen LogP contribution is -2.30. The van der Waals surface area contributed by atoms with E-state index in [0.29, 0.717) is 0 Å². The van der Waals surface area contributed by atoms with E-state index in [1.807, 2.05) is 0 Å². The molecule has 50 valence electrons. The van der Waals surface area contributed by atoms with E-state index in [-0.39, 0.29) is 5.96 Å². The molecule has 0 atom stereocenters. The van der Waals surface area contributed by atoms with Gasteiger partial charge in [0.1, 0.15) is 0 Å². The second-order valence-corrected chi connectivity index (χ2v) is 1.50. The highest BCUT2D eigenvalue weighted by atomic mass is 80.0. The first-order valence-electron chi connectivity index (χ1n) is 1.30. The lowest BCUT2D eigenvalue weighted by Gasteiger charge is -1.69. The molecule has 0 aromatic carbocycles. The fraction of sp³-hybridized carbons (Fsp3) is 0. The minimum atomic E-state index is -3.40. The SMILES string of the molecule is N=C(N)N.[O-][Br+2]([O-])O. The Labute approximate surface area is 51.1 Å². The molecule has 0 spiro atoms. The van der Waals surface area contributed by atoms with Crippen LogP contribution in [0.15, 0.2) is 0 Å². The average Bonchev–Trinajstić information content (AvgIpc) is 1.25. The standard InChI is InChI=1S/CH5N3.BrHO3/c2*2-1(3)4/h(H5,2,3,4);2H. The van der Waals surface area contributed by atoms with Gasteiger partial charge in [-0.05, 0) is 4.20 Å². The van der Waals surface area contributed by atoms with Crippen molar-refractivity contribution in [1.29, 1.82) is 5.41 Å². The molecule has 0 fully saturated rings. The third-order valence-corrected chi connectivity index (χ3v) is 0. The number of guanidine groups is 1. The monoisotopic (exact) mass is 187 g/mol. The van der Waals surface area contributed by atoms with Crippen molar-refractivity contribution in [2.75, 3.05) is 0 Å². The number of nitrogens with one attached hydrogen (secondary N) is 1. The topological polar surface area (TPSA) is 142 Å². The molecule has 0 saturated carbocycles. The van der Waals surface area contributed by atoms with E-state index in [4.69, 9.17) is 18.0 Å². The highest BCUT2D eigenvalue weighted by molar-refractivity contribution is 5.71. The molecule has 0 heterocycles. The molecular formula is CH6BrN3O3. The molecule has 0 aromatic heterocycles. The van der Waals surface area contributed by atoms with Crippen LogP contribution in [-0.4, -0.2) is 10.2 Å². The van der Waals surface area contributed by atoms with E-state index in [2.05, 4.69) is 11.5 Å². The van der Waals surface area contributed by atoms with Crippen molar-refractivity contribution in [2.45, 2.75) is 0 Å². The summed E-state index contributed by atoms with van der Waals surface area (Å²) < 4.78 is 24.3. The van der Waals surface area contributed by atoms with Crippen LogP contribution in [0.1, 0.15) is 0 Å². The van der Waals surface area contributed by atoms with Gasteiger partial charge >= 0.3 is 14.8 Å². The van der Waals surface area contributed by atoms with Gasteiger partial charge in [0, 0.05) is 0 Å². The second kappa shape index (κ2) is 6.63. The Balaban J connectivity index is 0. The third kappa shape index (κ3) is 882. The molecular weight excluding hydrogens is 182 g/mol. The Kier molecular flexibility index (Phi) is 8.77. The molecule has 0 aromatic rings. The summed E-state index contributed by atoms with van der Waals surface area (Å²) in [7, 11) is 0. The van der Waals surface area contributed by atoms with E-state index in [0.717, 1.165) is 0 Å². The summed E-state index contributed by atoms with van der Waals surface area (Å²) in [5.41, 5.74) is 8.94. The number of halogens is 1. The maximum atomic E-state index is 8.63. The van der Waals surface area contributed by atoms with Crippen molar-refractivity contribution in [3.63, 3.8) is 0 Å². The van der Waals surface area contributed by atoms with Gasteiger partial charge in [0.15, 0.2) is 5.96 Å². The van der Waals surface area contributed by atoms with E-state index in [1.165, 1.54) is 0 Å². The largest absolute Gasteiger partial charge is 0.433 e. The zero-order valence-corrected chi connectivity index (χ0v) is 5.38. The van der Waals surface area contributed by atoms with Crippen LogP contribution in [0, 0.1) is 20.2 Å². The predicted octanol–water partition coefficient (Wildman–Crippen LogP) is -4.10. The van der Waals surface area contributed by atoms with Crippen LogP contribution in [0.5, 0.6) is 0 Å². The Hall–Kier alpha value is -0.370. The van der Waals surface area contributed by atoms with Crippen LogP contribution in [0.25, 0.3) is 0 Å².